The minimum Gasteiger partial charge on any atom is -0.497 e. The highest BCUT2D eigenvalue weighted by atomic mass is 16.5. The lowest BCUT2D eigenvalue weighted by Crippen LogP contribution is -2.31. The second-order valence-corrected chi connectivity index (χ2v) is 6.72. The molecule has 0 spiro atoms. The number of benzene rings is 3. The van der Waals surface area contributed by atoms with E-state index in [1.54, 1.807) is 7.11 Å². The number of ether oxygens (including phenoxy) is 1. The first kappa shape index (κ1) is 15.7. The van der Waals surface area contributed by atoms with Crippen LogP contribution >= 0.6 is 0 Å². The van der Waals surface area contributed by atoms with Crippen LogP contribution in [0.3, 0.4) is 0 Å². The molecule has 124 valence electrons. The standard InChI is InChI=1S/C24H22O/c1-18-7-3-6-10-23(18)24(21-11-13-22(25-2)14-12-21)16-15-19-8-4-5-9-20(19)17-24/h3-16H,17H2,1-2H3. The molecule has 0 aromatic heterocycles. The molecule has 1 atom stereocenters. The van der Waals surface area contributed by atoms with Gasteiger partial charge in [-0.2, -0.15) is 0 Å². The van der Waals surface area contributed by atoms with E-state index in [0.717, 1.165) is 12.2 Å². The number of aryl methyl sites for hydroxylation is 1. The van der Waals surface area contributed by atoms with Gasteiger partial charge in [0.25, 0.3) is 0 Å². The van der Waals surface area contributed by atoms with Crippen molar-refractivity contribution >= 4 is 6.08 Å². The van der Waals surface area contributed by atoms with Crippen molar-refractivity contribution in [1.29, 1.82) is 0 Å². The third kappa shape index (κ3) is 2.66. The quantitative estimate of drug-likeness (QED) is 0.612. The molecule has 0 fully saturated rings. The fourth-order valence-electron chi connectivity index (χ4n) is 3.95. The summed E-state index contributed by atoms with van der Waals surface area (Å²) in [4.78, 5) is 0. The molecule has 0 heterocycles. The van der Waals surface area contributed by atoms with E-state index in [-0.39, 0.29) is 5.41 Å². The van der Waals surface area contributed by atoms with Crippen molar-refractivity contribution in [3.8, 4) is 5.75 Å². The van der Waals surface area contributed by atoms with Crippen molar-refractivity contribution in [2.45, 2.75) is 18.8 Å². The zero-order valence-electron chi connectivity index (χ0n) is 14.7. The Labute approximate surface area is 149 Å². The molecule has 0 bridgehead atoms. The van der Waals surface area contributed by atoms with Gasteiger partial charge in [0.2, 0.25) is 0 Å². The van der Waals surface area contributed by atoms with Gasteiger partial charge in [-0.15, -0.1) is 0 Å². The van der Waals surface area contributed by atoms with E-state index in [2.05, 4.69) is 91.9 Å². The van der Waals surface area contributed by atoms with E-state index in [1.165, 1.54) is 27.8 Å². The molecule has 0 saturated heterocycles. The van der Waals surface area contributed by atoms with Gasteiger partial charge in [0.05, 0.1) is 7.11 Å². The monoisotopic (exact) mass is 326 g/mol. The maximum absolute atomic E-state index is 5.36. The molecule has 0 saturated carbocycles. The van der Waals surface area contributed by atoms with Gasteiger partial charge in [-0.05, 0) is 53.3 Å². The van der Waals surface area contributed by atoms with Gasteiger partial charge in [0, 0.05) is 5.41 Å². The topological polar surface area (TPSA) is 9.23 Å². The molecule has 0 amide bonds. The lowest BCUT2D eigenvalue weighted by atomic mass is 9.66. The maximum atomic E-state index is 5.36. The first-order valence-electron chi connectivity index (χ1n) is 8.71. The lowest BCUT2D eigenvalue weighted by molar-refractivity contribution is 0.414. The summed E-state index contributed by atoms with van der Waals surface area (Å²) < 4.78 is 5.36. The van der Waals surface area contributed by atoms with Crippen LogP contribution < -0.4 is 4.74 Å². The first-order chi connectivity index (χ1) is 12.2. The minimum atomic E-state index is -0.147. The number of hydrogen-bond acceptors (Lipinski definition) is 1. The van der Waals surface area contributed by atoms with Crippen LogP contribution in [0.1, 0.15) is 27.8 Å². The van der Waals surface area contributed by atoms with E-state index in [0.29, 0.717) is 0 Å². The van der Waals surface area contributed by atoms with Gasteiger partial charge in [0.15, 0.2) is 0 Å². The first-order valence-corrected chi connectivity index (χ1v) is 8.71. The maximum Gasteiger partial charge on any atom is 0.118 e. The van der Waals surface area contributed by atoms with Crippen LogP contribution in [0.4, 0.5) is 0 Å². The Morgan fingerprint density at radius 2 is 1.56 bits per heavy atom. The number of allylic oxidation sites excluding steroid dienone is 1. The zero-order valence-corrected chi connectivity index (χ0v) is 14.7. The van der Waals surface area contributed by atoms with E-state index in [1.807, 2.05) is 0 Å². The van der Waals surface area contributed by atoms with Crippen molar-refractivity contribution in [2.75, 3.05) is 7.11 Å². The molecule has 1 nitrogen and oxygen atoms in total. The van der Waals surface area contributed by atoms with Crippen LogP contribution in [0, 0.1) is 6.92 Å². The molecule has 0 N–H and O–H groups in total. The molecular formula is C24H22O. The molecule has 1 aliphatic rings. The van der Waals surface area contributed by atoms with Gasteiger partial charge < -0.3 is 4.74 Å². The predicted octanol–water partition coefficient (Wildman–Crippen LogP) is 5.56. The summed E-state index contributed by atoms with van der Waals surface area (Å²) >= 11 is 0. The summed E-state index contributed by atoms with van der Waals surface area (Å²) in [5, 5.41) is 0. The summed E-state index contributed by atoms with van der Waals surface area (Å²) in [5.74, 6) is 0.892. The SMILES string of the molecule is COc1ccc(C2(c3ccccc3C)C=Cc3ccccc3C2)cc1. The smallest absolute Gasteiger partial charge is 0.118 e. The summed E-state index contributed by atoms with van der Waals surface area (Å²) in [5.41, 5.74) is 6.55. The van der Waals surface area contributed by atoms with Crippen LogP contribution in [-0.4, -0.2) is 7.11 Å². The largest absolute Gasteiger partial charge is 0.497 e. The van der Waals surface area contributed by atoms with Gasteiger partial charge in [-0.1, -0.05) is 72.8 Å². The van der Waals surface area contributed by atoms with Crippen LogP contribution in [0.15, 0.2) is 78.9 Å². The molecule has 1 unspecified atom stereocenters. The lowest BCUT2D eigenvalue weighted by Gasteiger charge is -2.36. The Kier molecular flexibility index (Phi) is 3.93. The Bertz CT molecular complexity index is 921. The van der Waals surface area contributed by atoms with Crippen LogP contribution in [0.5, 0.6) is 5.75 Å². The second-order valence-electron chi connectivity index (χ2n) is 6.72. The molecule has 1 heteroatoms. The third-order valence-corrected chi connectivity index (χ3v) is 5.30. The average Bonchev–Trinajstić information content (AvgIpc) is 2.68. The van der Waals surface area contributed by atoms with Gasteiger partial charge in [-0.3, -0.25) is 0 Å². The zero-order chi connectivity index (χ0) is 17.3. The molecule has 3 aromatic rings. The Morgan fingerprint density at radius 1 is 0.840 bits per heavy atom. The summed E-state index contributed by atoms with van der Waals surface area (Å²) in [6, 6.07) is 25.9. The fraction of sp³-hybridized carbons (Fsp3) is 0.167. The van der Waals surface area contributed by atoms with Crippen molar-refractivity contribution in [1.82, 2.24) is 0 Å². The molecule has 0 aliphatic heterocycles. The van der Waals surface area contributed by atoms with Gasteiger partial charge in [0.1, 0.15) is 5.75 Å². The number of fused-ring (bicyclic) bond motifs is 1. The highest BCUT2D eigenvalue weighted by Crippen LogP contribution is 2.43. The van der Waals surface area contributed by atoms with Crippen molar-refractivity contribution in [3.05, 3.63) is 107 Å². The van der Waals surface area contributed by atoms with Gasteiger partial charge in [-0.25, -0.2) is 0 Å². The minimum absolute atomic E-state index is 0.147. The molecule has 3 aromatic carbocycles. The van der Waals surface area contributed by atoms with Crippen LogP contribution in [0.25, 0.3) is 6.08 Å². The van der Waals surface area contributed by atoms with E-state index >= 15 is 0 Å². The number of rotatable bonds is 3. The Hall–Kier alpha value is -2.80. The highest BCUT2D eigenvalue weighted by molar-refractivity contribution is 5.65. The molecular weight excluding hydrogens is 304 g/mol. The van der Waals surface area contributed by atoms with E-state index in [9.17, 15) is 0 Å². The molecule has 25 heavy (non-hydrogen) atoms. The van der Waals surface area contributed by atoms with Crippen molar-refractivity contribution in [3.63, 3.8) is 0 Å². The van der Waals surface area contributed by atoms with E-state index < -0.39 is 0 Å². The van der Waals surface area contributed by atoms with Crippen molar-refractivity contribution < 1.29 is 4.74 Å². The van der Waals surface area contributed by atoms with Crippen LogP contribution in [-0.2, 0) is 11.8 Å². The highest BCUT2D eigenvalue weighted by Gasteiger charge is 2.35. The Balaban J connectivity index is 1.92. The predicted molar refractivity (Wildman–Crippen MR) is 104 cm³/mol. The van der Waals surface area contributed by atoms with Crippen LogP contribution in [0.2, 0.25) is 0 Å². The number of hydrogen-bond donors (Lipinski definition) is 0. The summed E-state index contributed by atoms with van der Waals surface area (Å²) in [6.45, 7) is 2.20. The van der Waals surface area contributed by atoms with Gasteiger partial charge >= 0.3 is 0 Å². The normalized spacial score (nSPS) is 18.6. The molecule has 4 rings (SSSR count). The third-order valence-electron chi connectivity index (χ3n) is 5.30. The fourth-order valence-corrected chi connectivity index (χ4v) is 3.95. The summed E-state index contributed by atoms with van der Waals surface area (Å²) in [7, 11) is 1.71. The van der Waals surface area contributed by atoms with E-state index in [4.69, 9.17) is 4.74 Å². The second kappa shape index (κ2) is 6.25. The average molecular weight is 326 g/mol. The van der Waals surface area contributed by atoms with Crippen molar-refractivity contribution in [2.24, 2.45) is 0 Å². The molecule has 1 aliphatic carbocycles. The summed E-state index contributed by atoms with van der Waals surface area (Å²) in [6.07, 6.45) is 5.62. The molecule has 0 radical (unpaired) electrons. The Morgan fingerprint density at radius 3 is 2.32 bits per heavy atom. The number of methoxy groups -OCH3 is 1.